The molecule has 0 bridgehead atoms. The van der Waals surface area contributed by atoms with E-state index in [-0.39, 0.29) is 0 Å². The molecule has 2 aromatic rings. The number of nitrogens with zero attached hydrogens (tertiary/aromatic N) is 1. The summed E-state index contributed by atoms with van der Waals surface area (Å²) in [6.45, 7) is 8.93. The van der Waals surface area contributed by atoms with Gasteiger partial charge in [0.15, 0.2) is 0 Å². The molecule has 0 spiro atoms. The Kier molecular flexibility index (Phi) is 4.68. The maximum atomic E-state index is 5.90. The summed E-state index contributed by atoms with van der Waals surface area (Å²) in [5.74, 6) is 1.65. The van der Waals surface area contributed by atoms with Crippen LogP contribution in [0.4, 0.5) is 17.2 Å². The lowest BCUT2D eigenvalue weighted by Crippen LogP contribution is -2.08. The molecule has 21 heavy (non-hydrogen) atoms. The van der Waals surface area contributed by atoms with Gasteiger partial charge in [-0.2, -0.15) is 4.98 Å². The normalized spacial score (nSPS) is 10.7. The quantitative estimate of drug-likeness (QED) is 0.869. The Morgan fingerprint density at radius 2 is 1.81 bits per heavy atom. The standard InChI is InChI=1S/C17H23N3O/c1-11(2)10-21-17-15(18)5-6-16(20-17)19-14-8-12(3)7-13(4)9-14/h5-9,11H,10,18H2,1-4H3,(H,19,20). The van der Waals surface area contributed by atoms with Gasteiger partial charge in [-0.15, -0.1) is 0 Å². The minimum Gasteiger partial charge on any atom is -0.476 e. The summed E-state index contributed by atoms with van der Waals surface area (Å²) in [7, 11) is 0. The van der Waals surface area contributed by atoms with E-state index in [1.54, 1.807) is 0 Å². The van der Waals surface area contributed by atoms with Crippen LogP contribution in [-0.4, -0.2) is 11.6 Å². The van der Waals surface area contributed by atoms with Crippen LogP contribution in [0.2, 0.25) is 0 Å². The monoisotopic (exact) mass is 285 g/mol. The van der Waals surface area contributed by atoms with Gasteiger partial charge in [0.05, 0.1) is 12.3 Å². The zero-order valence-electron chi connectivity index (χ0n) is 13.1. The smallest absolute Gasteiger partial charge is 0.239 e. The highest BCUT2D eigenvalue weighted by Crippen LogP contribution is 2.24. The number of aromatic nitrogens is 1. The number of hydrogen-bond acceptors (Lipinski definition) is 4. The maximum Gasteiger partial charge on any atom is 0.239 e. The second-order valence-corrected chi connectivity index (χ2v) is 5.80. The van der Waals surface area contributed by atoms with Crippen molar-refractivity contribution in [3.05, 3.63) is 41.5 Å². The van der Waals surface area contributed by atoms with E-state index >= 15 is 0 Å². The molecule has 4 heteroatoms. The van der Waals surface area contributed by atoms with E-state index in [4.69, 9.17) is 10.5 Å². The lowest BCUT2D eigenvalue weighted by molar-refractivity contribution is 0.263. The summed E-state index contributed by atoms with van der Waals surface area (Å²) < 4.78 is 5.65. The highest BCUT2D eigenvalue weighted by atomic mass is 16.5. The van der Waals surface area contributed by atoms with Crippen LogP contribution < -0.4 is 15.8 Å². The third-order valence-electron chi connectivity index (χ3n) is 2.94. The van der Waals surface area contributed by atoms with Crippen molar-refractivity contribution in [3.8, 4) is 5.88 Å². The van der Waals surface area contributed by atoms with E-state index < -0.39 is 0 Å². The molecular formula is C17H23N3O. The van der Waals surface area contributed by atoms with Crippen LogP contribution in [0.1, 0.15) is 25.0 Å². The van der Waals surface area contributed by atoms with Crippen molar-refractivity contribution in [1.29, 1.82) is 0 Å². The van der Waals surface area contributed by atoms with Gasteiger partial charge in [0, 0.05) is 5.69 Å². The molecule has 0 saturated heterocycles. The maximum absolute atomic E-state index is 5.90. The van der Waals surface area contributed by atoms with Gasteiger partial charge in [0.2, 0.25) is 5.88 Å². The molecule has 2 rings (SSSR count). The van der Waals surface area contributed by atoms with Gasteiger partial charge in [-0.05, 0) is 55.2 Å². The number of nitrogen functional groups attached to an aromatic ring is 1. The number of pyridine rings is 1. The van der Waals surface area contributed by atoms with Crippen molar-refractivity contribution in [3.63, 3.8) is 0 Å². The molecule has 3 N–H and O–H groups in total. The molecular weight excluding hydrogens is 262 g/mol. The molecule has 0 atom stereocenters. The fourth-order valence-electron chi connectivity index (χ4n) is 2.08. The number of anilines is 3. The van der Waals surface area contributed by atoms with Gasteiger partial charge in [-0.3, -0.25) is 0 Å². The molecule has 4 nitrogen and oxygen atoms in total. The van der Waals surface area contributed by atoms with Crippen LogP contribution >= 0.6 is 0 Å². The van der Waals surface area contributed by atoms with Crippen LogP contribution in [0.15, 0.2) is 30.3 Å². The molecule has 0 aliphatic carbocycles. The van der Waals surface area contributed by atoms with Gasteiger partial charge in [0.1, 0.15) is 5.82 Å². The lowest BCUT2D eigenvalue weighted by Gasteiger charge is -2.13. The molecule has 0 fully saturated rings. The summed E-state index contributed by atoms with van der Waals surface area (Å²) in [6.07, 6.45) is 0. The topological polar surface area (TPSA) is 60.2 Å². The summed E-state index contributed by atoms with van der Waals surface area (Å²) in [6, 6.07) is 9.97. The minimum atomic E-state index is 0.433. The Labute approximate surface area is 126 Å². The van der Waals surface area contributed by atoms with Crippen molar-refractivity contribution in [2.45, 2.75) is 27.7 Å². The zero-order chi connectivity index (χ0) is 15.4. The van der Waals surface area contributed by atoms with E-state index in [0.29, 0.717) is 24.1 Å². The van der Waals surface area contributed by atoms with E-state index in [9.17, 15) is 0 Å². The van der Waals surface area contributed by atoms with Crippen molar-refractivity contribution in [2.75, 3.05) is 17.7 Å². The average Bonchev–Trinajstić information content (AvgIpc) is 2.38. The van der Waals surface area contributed by atoms with Gasteiger partial charge < -0.3 is 15.8 Å². The number of rotatable bonds is 5. The minimum absolute atomic E-state index is 0.433. The fraction of sp³-hybridized carbons (Fsp3) is 0.353. The predicted molar refractivity (Wildman–Crippen MR) is 88.2 cm³/mol. The highest BCUT2D eigenvalue weighted by Gasteiger charge is 2.06. The van der Waals surface area contributed by atoms with Crippen molar-refractivity contribution in [1.82, 2.24) is 4.98 Å². The Bertz CT molecular complexity index is 603. The molecule has 1 aromatic heterocycles. The second kappa shape index (κ2) is 6.48. The number of nitrogens with two attached hydrogens (primary N) is 1. The average molecular weight is 285 g/mol. The number of ether oxygens (including phenoxy) is 1. The van der Waals surface area contributed by atoms with Crippen molar-refractivity contribution < 1.29 is 4.74 Å². The van der Waals surface area contributed by atoms with Crippen LogP contribution in [0.5, 0.6) is 5.88 Å². The second-order valence-electron chi connectivity index (χ2n) is 5.80. The summed E-state index contributed by atoms with van der Waals surface area (Å²) in [5.41, 5.74) is 9.90. The third kappa shape index (κ3) is 4.38. The molecule has 1 heterocycles. The van der Waals surface area contributed by atoms with E-state index in [1.165, 1.54) is 11.1 Å². The number of aryl methyl sites for hydroxylation is 2. The number of benzene rings is 1. The van der Waals surface area contributed by atoms with E-state index in [1.807, 2.05) is 12.1 Å². The van der Waals surface area contributed by atoms with Crippen LogP contribution in [0, 0.1) is 19.8 Å². The third-order valence-corrected chi connectivity index (χ3v) is 2.94. The van der Waals surface area contributed by atoms with Crippen LogP contribution in [-0.2, 0) is 0 Å². The van der Waals surface area contributed by atoms with Crippen LogP contribution in [0.25, 0.3) is 0 Å². The molecule has 0 amide bonds. The summed E-state index contributed by atoms with van der Waals surface area (Å²) >= 11 is 0. The first-order valence-corrected chi connectivity index (χ1v) is 7.18. The zero-order valence-corrected chi connectivity index (χ0v) is 13.1. The molecule has 0 radical (unpaired) electrons. The first kappa shape index (κ1) is 15.2. The van der Waals surface area contributed by atoms with E-state index in [2.05, 4.69) is 56.2 Å². The van der Waals surface area contributed by atoms with Crippen LogP contribution in [0.3, 0.4) is 0 Å². The van der Waals surface area contributed by atoms with Crippen molar-refractivity contribution in [2.24, 2.45) is 5.92 Å². The largest absolute Gasteiger partial charge is 0.476 e. The molecule has 0 aliphatic rings. The predicted octanol–water partition coefficient (Wildman–Crippen LogP) is 4.06. The van der Waals surface area contributed by atoms with Gasteiger partial charge >= 0.3 is 0 Å². The Morgan fingerprint density at radius 3 is 2.43 bits per heavy atom. The molecule has 112 valence electrons. The molecule has 0 saturated carbocycles. The highest BCUT2D eigenvalue weighted by molar-refractivity contribution is 5.61. The first-order chi connectivity index (χ1) is 9.94. The molecule has 0 unspecified atom stereocenters. The van der Waals surface area contributed by atoms with Gasteiger partial charge in [-0.25, -0.2) is 0 Å². The molecule has 1 aromatic carbocycles. The van der Waals surface area contributed by atoms with Gasteiger partial charge in [0.25, 0.3) is 0 Å². The number of hydrogen-bond donors (Lipinski definition) is 2. The van der Waals surface area contributed by atoms with Crippen molar-refractivity contribution >= 4 is 17.2 Å². The molecule has 0 aliphatic heterocycles. The SMILES string of the molecule is Cc1cc(C)cc(Nc2ccc(N)c(OCC(C)C)n2)c1. The lowest BCUT2D eigenvalue weighted by atomic mass is 10.1. The van der Waals surface area contributed by atoms with E-state index in [0.717, 1.165) is 11.5 Å². The summed E-state index contributed by atoms with van der Waals surface area (Å²) in [5, 5.41) is 3.29. The summed E-state index contributed by atoms with van der Waals surface area (Å²) in [4.78, 5) is 4.44. The number of nitrogens with one attached hydrogen (secondary N) is 1. The first-order valence-electron chi connectivity index (χ1n) is 7.18. The fourth-order valence-corrected chi connectivity index (χ4v) is 2.08. The Hall–Kier alpha value is -2.23. The van der Waals surface area contributed by atoms with Gasteiger partial charge in [-0.1, -0.05) is 19.9 Å². The Morgan fingerprint density at radius 1 is 1.14 bits per heavy atom. The Balaban J connectivity index is 2.18.